The van der Waals surface area contributed by atoms with Crippen molar-refractivity contribution in [2.75, 3.05) is 17.6 Å². The highest BCUT2D eigenvalue weighted by atomic mass is 32.2. The third kappa shape index (κ3) is 5.28. The first-order chi connectivity index (χ1) is 19.0. The molecule has 1 aliphatic rings. The van der Waals surface area contributed by atoms with Crippen molar-refractivity contribution in [3.05, 3.63) is 72.2 Å². The molecule has 0 unspecified atom stereocenters. The van der Waals surface area contributed by atoms with E-state index in [4.69, 9.17) is 4.74 Å². The third-order valence-electron chi connectivity index (χ3n) is 6.24. The van der Waals surface area contributed by atoms with Gasteiger partial charge in [-0.05, 0) is 30.3 Å². The van der Waals surface area contributed by atoms with Gasteiger partial charge in [-0.2, -0.15) is 0 Å². The monoisotopic (exact) mass is 581 g/mol. The van der Waals surface area contributed by atoms with Crippen LogP contribution in [0.1, 0.15) is 18.0 Å². The SMILES string of the molecule is CS(=O)(=O)Nc1cccc(-n2cnnc2[C@@H]2O[C@H](CO)[C@H](O)[C@H](n3cc(-c4cc(F)c(F)c(F)c4)nn3)[C@H]2O)c1. The summed E-state index contributed by atoms with van der Waals surface area (Å²) < 4.78 is 74.8. The average molecular weight is 582 g/mol. The van der Waals surface area contributed by atoms with E-state index in [-0.39, 0.29) is 22.8 Å². The quantitative estimate of drug-likeness (QED) is 0.227. The molecule has 2 aromatic carbocycles. The second-order valence-electron chi connectivity index (χ2n) is 9.07. The first-order valence-corrected chi connectivity index (χ1v) is 13.5. The van der Waals surface area contributed by atoms with Crippen LogP contribution in [0.15, 0.2) is 48.9 Å². The molecule has 13 nitrogen and oxygen atoms in total. The number of hydrogen-bond donors (Lipinski definition) is 4. The first kappa shape index (κ1) is 27.7. The van der Waals surface area contributed by atoms with Gasteiger partial charge in [0.25, 0.3) is 0 Å². The number of aliphatic hydroxyl groups is 3. The van der Waals surface area contributed by atoms with Crippen LogP contribution in [0.2, 0.25) is 0 Å². The number of nitrogens with one attached hydrogen (secondary N) is 1. The molecule has 0 radical (unpaired) electrons. The zero-order valence-corrected chi connectivity index (χ0v) is 21.3. The van der Waals surface area contributed by atoms with Gasteiger partial charge in [0.1, 0.15) is 42.5 Å². The number of sulfonamides is 1. The molecule has 0 amide bonds. The van der Waals surface area contributed by atoms with Crippen molar-refractivity contribution in [3.63, 3.8) is 0 Å². The summed E-state index contributed by atoms with van der Waals surface area (Å²) in [6.45, 7) is -0.668. The van der Waals surface area contributed by atoms with Gasteiger partial charge in [0.2, 0.25) is 10.0 Å². The fraction of sp³-hybridized carbons (Fsp3) is 0.304. The van der Waals surface area contributed by atoms with Crippen LogP contribution < -0.4 is 4.72 Å². The molecule has 40 heavy (non-hydrogen) atoms. The molecule has 0 bridgehead atoms. The Bertz CT molecular complexity index is 1630. The van der Waals surface area contributed by atoms with Gasteiger partial charge < -0.3 is 20.1 Å². The maximum Gasteiger partial charge on any atom is 0.229 e. The van der Waals surface area contributed by atoms with E-state index < -0.39 is 64.5 Å². The van der Waals surface area contributed by atoms with Crippen molar-refractivity contribution in [3.8, 4) is 16.9 Å². The summed E-state index contributed by atoms with van der Waals surface area (Å²) in [7, 11) is -3.57. The Balaban J connectivity index is 1.50. The number of aliphatic hydroxyl groups excluding tert-OH is 3. The van der Waals surface area contributed by atoms with E-state index in [1.165, 1.54) is 29.2 Å². The molecule has 212 valence electrons. The minimum absolute atomic E-state index is 0.0439. The van der Waals surface area contributed by atoms with Crippen molar-refractivity contribution in [1.82, 2.24) is 29.8 Å². The molecular formula is C23H22F3N7O6S. The molecular weight excluding hydrogens is 559 g/mol. The lowest BCUT2D eigenvalue weighted by Gasteiger charge is -2.41. The van der Waals surface area contributed by atoms with E-state index >= 15 is 0 Å². The standard InChI is InChI=1S/C23H22F3N7O6S/c1-40(37,38)30-12-3-2-4-13(7-12)32-10-27-29-23(32)22-21(36)19(20(35)17(9-34)39-22)33-8-16(28-31-33)11-5-14(24)18(26)15(25)6-11/h2-8,10,17,19-22,30,34-36H,9H2,1H3/t17-,19+,20+,21-,22-/m1/s1. The van der Waals surface area contributed by atoms with Crippen molar-refractivity contribution >= 4 is 15.7 Å². The Kier molecular flexibility index (Phi) is 7.32. The molecule has 1 fully saturated rings. The van der Waals surface area contributed by atoms with Crippen LogP contribution in [0.25, 0.3) is 16.9 Å². The minimum Gasteiger partial charge on any atom is -0.394 e. The normalized spacial score (nSPS) is 23.3. The number of hydrogen-bond acceptors (Lipinski definition) is 10. The van der Waals surface area contributed by atoms with Gasteiger partial charge >= 0.3 is 0 Å². The van der Waals surface area contributed by atoms with Gasteiger partial charge in [-0.25, -0.2) is 26.3 Å². The van der Waals surface area contributed by atoms with Crippen LogP contribution >= 0.6 is 0 Å². The van der Waals surface area contributed by atoms with Crippen molar-refractivity contribution < 1.29 is 41.6 Å². The maximum atomic E-state index is 13.8. The summed E-state index contributed by atoms with van der Waals surface area (Å²) in [5.41, 5.74) is 0.418. The predicted octanol–water partition coefficient (Wildman–Crippen LogP) is 0.710. The number of benzene rings is 2. The smallest absolute Gasteiger partial charge is 0.229 e. The van der Waals surface area contributed by atoms with Gasteiger partial charge in [-0.15, -0.1) is 15.3 Å². The zero-order valence-electron chi connectivity index (χ0n) is 20.5. The Morgan fingerprint density at radius 3 is 2.48 bits per heavy atom. The number of nitrogens with zero attached hydrogens (tertiary/aromatic N) is 6. The Morgan fingerprint density at radius 1 is 1.07 bits per heavy atom. The zero-order chi connectivity index (χ0) is 28.8. The highest BCUT2D eigenvalue weighted by Gasteiger charge is 2.48. The minimum atomic E-state index is -3.57. The molecule has 5 rings (SSSR count). The van der Waals surface area contributed by atoms with Gasteiger partial charge in [0, 0.05) is 5.56 Å². The maximum absolute atomic E-state index is 13.8. The molecule has 5 atom stereocenters. The Hall–Kier alpha value is -3.90. The van der Waals surface area contributed by atoms with Crippen molar-refractivity contribution in [2.45, 2.75) is 30.5 Å². The number of rotatable bonds is 7. The summed E-state index contributed by atoms with van der Waals surface area (Å²) in [5, 5.41) is 47.7. The van der Waals surface area contributed by atoms with E-state index in [1.54, 1.807) is 12.1 Å². The molecule has 0 spiro atoms. The van der Waals surface area contributed by atoms with Gasteiger partial charge in [-0.1, -0.05) is 11.3 Å². The van der Waals surface area contributed by atoms with Gasteiger partial charge in [-0.3, -0.25) is 9.29 Å². The molecule has 0 aliphatic carbocycles. The number of ether oxygens (including phenoxy) is 1. The second kappa shape index (κ2) is 10.6. The van der Waals surface area contributed by atoms with Crippen LogP contribution in [0, 0.1) is 17.5 Å². The van der Waals surface area contributed by atoms with E-state index in [0.717, 1.165) is 23.1 Å². The highest BCUT2D eigenvalue weighted by molar-refractivity contribution is 7.92. The highest BCUT2D eigenvalue weighted by Crippen LogP contribution is 2.38. The number of halogens is 3. The average Bonchev–Trinajstić information content (AvgIpc) is 3.57. The predicted molar refractivity (Wildman–Crippen MR) is 131 cm³/mol. The van der Waals surface area contributed by atoms with Crippen LogP contribution in [-0.4, -0.2) is 84.7 Å². The summed E-state index contributed by atoms with van der Waals surface area (Å²) in [4.78, 5) is 0. The second-order valence-corrected chi connectivity index (χ2v) is 10.8. The molecule has 2 aromatic heterocycles. The fourth-order valence-corrected chi connectivity index (χ4v) is 5.01. The van der Waals surface area contributed by atoms with E-state index in [2.05, 4.69) is 25.2 Å². The van der Waals surface area contributed by atoms with E-state index in [9.17, 15) is 36.9 Å². The van der Waals surface area contributed by atoms with Crippen LogP contribution in [-0.2, 0) is 14.8 Å². The van der Waals surface area contributed by atoms with Gasteiger partial charge in [0.05, 0.1) is 30.4 Å². The number of aromatic nitrogens is 6. The first-order valence-electron chi connectivity index (χ1n) is 11.6. The molecule has 4 aromatic rings. The molecule has 0 saturated carbocycles. The fourth-order valence-electron chi connectivity index (χ4n) is 4.46. The summed E-state index contributed by atoms with van der Waals surface area (Å²) in [5.74, 6) is -4.48. The van der Waals surface area contributed by atoms with Crippen LogP contribution in [0.5, 0.6) is 0 Å². The van der Waals surface area contributed by atoms with Crippen molar-refractivity contribution in [1.29, 1.82) is 0 Å². The summed E-state index contributed by atoms with van der Waals surface area (Å²) in [6, 6.07) is 6.35. The summed E-state index contributed by atoms with van der Waals surface area (Å²) >= 11 is 0. The Morgan fingerprint density at radius 2 is 1.80 bits per heavy atom. The third-order valence-corrected chi connectivity index (χ3v) is 6.85. The molecule has 1 aliphatic heterocycles. The molecule has 3 heterocycles. The largest absolute Gasteiger partial charge is 0.394 e. The number of anilines is 1. The van der Waals surface area contributed by atoms with Crippen LogP contribution in [0.3, 0.4) is 0 Å². The topological polar surface area (TPSA) is 178 Å². The lowest BCUT2D eigenvalue weighted by atomic mass is 9.92. The molecule has 4 N–H and O–H groups in total. The van der Waals surface area contributed by atoms with E-state index in [0.29, 0.717) is 5.69 Å². The molecule has 1 saturated heterocycles. The van der Waals surface area contributed by atoms with Crippen molar-refractivity contribution in [2.24, 2.45) is 0 Å². The van der Waals surface area contributed by atoms with Gasteiger partial charge in [0.15, 0.2) is 23.3 Å². The lowest BCUT2D eigenvalue weighted by molar-refractivity contribution is -0.210. The molecule has 17 heteroatoms. The Labute approximate surface area is 224 Å². The lowest BCUT2D eigenvalue weighted by Crippen LogP contribution is -2.53. The summed E-state index contributed by atoms with van der Waals surface area (Å²) in [6.07, 6.45) is -2.16. The van der Waals surface area contributed by atoms with Crippen LogP contribution in [0.4, 0.5) is 18.9 Å². The van der Waals surface area contributed by atoms with E-state index in [1.807, 2.05) is 0 Å².